The molecule has 7 heteroatoms. The fourth-order valence-electron chi connectivity index (χ4n) is 3.75. The number of carbonyl (C=O) groups is 1. The van der Waals surface area contributed by atoms with Crippen molar-refractivity contribution >= 4 is 5.91 Å². The molecule has 0 aliphatic carbocycles. The Hall–Kier alpha value is -3.35. The molecule has 0 bridgehead atoms. The molecule has 4 rings (SSSR count). The number of nitrogens with zero attached hydrogens (tertiary/aromatic N) is 2. The maximum atomic E-state index is 13.0. The number of carbonyl (C=O) groups excluding carboxylic acids is 1. The normalized spacial score (nSPS) is 16.6. The van der Waals surface area contributed by atoms with Crippen molar-refractivity contribution in [2.45, 2.75) is 31.7 Å². The molecule has 1 amide bonds. The Morgan fingerprint density at radius 2 is 2.10 bits per heavy atom. The molecule has 0 radical (unpaired) electrons. The Morgan fingerprint density at radius 3 is 2.93 bits per heavy atom. The smallest absolute Gasteiger partial charge is 0.271 e. The van der Waals surface area contributed by atoms with Crippen molar-refractivity contribution < 1.29 is 13.9 Å². The van der Waals surface area contributed by atoms with E-state index in [1.54, 1.807) is 30.3 Å². The molecule has 0 saturated carbocycles. The Labute approximate surface area is 168 Å². The summed E-state index contributed by atoms with van der Waals surface area (Å²) in [7, 11) is 1.64. The van der Waals surface area contributed by atoms with Crippen LogP contribution in [0.1, 0.15) is 53.0 Å². The number of methoxy groups -OCH3 is 1. The first-order chi connectivity index (χ1) is 14.2. The number of para-hydroxylation sites is 1. The number of aromatic amines is 1. The average molecular weight is 393 g/mol. The minimum absolute atomic E-state index is 0.211. The number of piperidine rings is 1. The molecule has 2 aromatic heterocycles. The largest absolute Gasteiger partial charge is 0.496 e. The number of oxazole rings is 1. The molecule has 1 saturated heterocycles. The lowest BCUT2D eigenvalue weighted by molar-refractivity contribution is 0.0563. The van der Waals surface area contributed by atoms with Crippen LogP contribution in [0, 0.1) is 0 Å². The second-order valence-corrected chi connectivity index (χ2v) is 7.09. The summed E-state index contributed by atoms with van der Waals surface area (Å²) in [6.45, 7) is 0.602. The Kier molecular flexibility index (Phi) is 5.46. The van der Waals surface area contributed by atoms with Gasteiger partial charge in [0.1, 0.15) is 23.2 Å². The number of rotatable bonds is 5. The summed E-state index contributed by atoms with van der Waals surface area (Å²) in [5.41, 5.74) is 1.00. The first-order valence-corrected chi connectivity index (χ1v) is 9.72. The van der Waals surface area contributed by atoms with Crippen LogP contribution >= 0.6 is 0 Å². The number of H-pyrrole nitrogens is 1. The van der Waals surface area contributed by atoms with Gasteiger partial charge in [-0.05, 0) is 31.4 Å². The lowest BCUT2D eigenvalue weighted by Gasteiger charge is -2.33. The van der Waals surface area contributed by atoms with Crippen molar-refractivity contribution in [3.05, 3.63) is 81.9 Å². The van der Waals surface area contributed by atoms with E-state index >= 15 is 0 Å². The topological polar surface area (TPSA) is 88.4 Å². The van der Waals surface area contributed by atoms with Crippen molar-refractivity contribution in [1.29, 1.82) is 0 Å². The molecule has 1 fully saturated rings. The summed E-state index contributed by atoms with van der Waals surface area (Å²) in [6, 6.07) is 12.1. The van der Waals surface area contributed by atoms with Gasteiger partial charge in [-0.2, -0.15) is 0 Å². The lowest BCUT2D eigenvalue weighted by Crippen LogP contribution is -2.39. The van der Waals surface area contributed by atoms with Crippen LogP contribution in [0.3, 0.4) is 0 Å². The highest BCUT2D eigenvalue weighted by Gasteiger charge is 2.32. The van der Waals surface area contributed by atoms with Gasteiger partial charge in [-0.3, -0.25) is 9.59 Å². The first kappa shape index (κ1) is 19.0. The van der Waals surface area contributed by atoms with Gasteiger partial charge in [-0.25, -0.2) is 4.98 Å². The highest BCUT2D eigenvalue weighted by Crippen LogP contribution is 2.32. The van der Waals surface area contributed by atoms with Crippen molar-refractivity contribution in [2.75, 3.05) is 13.7 Å². The maximum absolute atomic E-state index is 13.0. The van der Waals surface area contributed by atoms with Crippen LogP contribution in [-0.2, 0) is 6.42 Å². The van der Waals surface area contributed by atoms with E-state index < -0.39 is 0 Å². The number of hydrogen-bond donors (Lipinski definition) is 1. The Morgan fingerprint density at radius 1 is 1.24 bits per heavy atom. The zero-order valence-corrected chi connectivity index (χ0v) is 16.3. The molecular weight excluding hydrogens is 370 g/mol. The summed E-state index contributed by atoms with van der Waals surface area (Å²) in [5, 5.41) is 0. The van der Waals surface area contributed by atoms with Crippen LogP contribution in [0.4, 0.5) is 0 Å². The standard InChI is InChI=1S/C22H23N3O4/c1-28-19-10-3-2-7-15(19)13-16-14-23-21(29-16)18-9-4-5-12-25(18)22(27)17-8-6-11-20(26)24-17/h2-3,6-8,10-11,14,18H,4-5,9,12-13H2,1H3,(H,24,26). The van der Waals surface area contributed by atoms with Gasteiger partial charge in [0, 0.05) is 24.6 Å². The Bertz CT molecular complexity index is 1060. The lowest BCUT2D eigenvalue weighted by atomic mass is 10.0. The zero-order chi connectivity index (χ0) is 20.2. The number of ether oxygens (including phenoxy) is 1. The average Bonchev–Trinajstić information content (AvgIpc) is 3.22. The van der Waals surface area contributed by atoms with Gasteiger partial charge < -0.3 is 19.0 Å². The fraction of sp³-hybridized carbons (Fsp3) is 0.318. The maximum Gasteiger partial charge on any atom is 0.271 e. The van der Waals surface area contributed by atoms with E-state index in [4.69, 9.17) is 9.15 Å². The molecule has 3 heterocycles. The van der Waals surface area contributed by atoms with E-state index in [1.165, 1.54) is 6.07 Å². The summed E-state index contributed by atoms with van der Waals surface area (Å²) in [4.78, 5) is 33.4. The molecular formula is C22H23N3O4. The van der Waals surface area contributed by atoms with Crippen LogP contribution in [0.5, 0.6) is 5.75 Å². The number of pyridine rings is 1. The first-order valence-electron chi connectivity index (χ1n) is 9.72. The van der Waals surface area contributed by atoms with Gasteiger partial charge >= 0.3 is 0 Å². The molecule has 7 nitrogen and oxygen atoms in total. The quantitative estimate of drug-likeness (QED) is 0.718. The second kappa shape index (κ2) is 8.34. The third-order valence-corrected chi connectivity index (χ3v) is 5.18. The van der Waals surface area contributed by atoms with E-state index in [2.05, 4.69) is 9.97 Å². The number of hydrogen-bond acceptors (Lipinski definition) is 5. The van der Waals surface area contributed by atoms with Gasteiger partial charge in [-0.15, -0.1) is 0 Å². The molecule has 0 spiro atoms. The van der Waals surface area contributed by atoms with Crippen molar-refractivity contribution in [3.63, 3.8) is 0 Å². The van der Waals surface area contributed by atoms with Gasteiger partial charge in [0.15, 0.2) is 0 Å². The zero-order valence-electron chi connectivity index (χ0n) is 16.3. The van der Waals surface area contributed by atoms with Crippen molar-refractivity contribution in [3.8, 4) is 5.75 Å². The van der Waals surface area contributed by atoms with Crippen molar-refractivity contribution in [1.82, 2.24) is 14.9 Å². The SMILES string of the molecule is COc1ccccc1Cc1cnc(C2CCCCN2C(=O)c2cccc(=O)[nH]2)o1. The number of nitrogens with one attached hydrogen (secondary N) is 1. The molecule has 1 unspecified atom stereocenters. The van der Waals surface area contributed by atoms with Gasteiger partial charge in [0.2, 0.25) is 11.4 Å². The second-order valence-electron chi connectivity index (χ2n) is 7.09. The molecule has 3 aromatic rings. The monoisotopic (exact) mass is 393 g/mol. The molecule has 29 heavy (non-hydrogen) atoms. The van der Waals surface area contributed by atoms with E-state index in [9.17, 15) is 9.59 Å². The van der Waals surface area contributed by atoms with Crippen LogP contribution < -0.4 is 10.3 Å². The van der Waals surface area contributed by atoms with Crippen molar-refractivity contribution in [2.24, 2.45) is 0 Å². The number of amides is 1. The summed E-state index contributed by atoms with van der Waals surface area (Å²) < 4.78 is 11.4. The summed E-state index contributed by atoms with van der Waals surface area (Å²) in [6.07, 6.45) is 4.95. The van der Waals surface area contributed by atoms with Gasteiger partial charge in [-0.1, -0.05) is 24.3 Å². The van der Waals surface area contributed by atoms with Crippen LogP contribution in [0.2, 0.25) is 0 Å². The number of aromatic nitrogens is 2. The van der Waals surface area contributed by atoms with E-state index in [1.807, 2.05) is 24.3 Å². The van der Waals surface area contributed by atoms with E-state index in [0.29, 0.717) is 18.9 Å². The Balaban J connectivity index is 1.56. The fourth-order valence-corrected chi connectivity index (χ4v) is 3.75. The third-order valence-electron chi connectivity index (χ3n) is 5.18. The minimum atomic E-state index is -0.292. The molecule has 1 aromatic carbocycles. The molecule has 150 valence electrons. The predicted molar refractivity (Wildman–Crippen MR) is 107 cm³/mol. The molecule has 1 aliphatic rings. The van der Waals surface area contributed by atoms with Crippen LogP contribution in [0.25, 0.3) is 0 Å². The number of likely N-dealkylation sites (tertiary alicyclic amines) is 1. The summed E-state index contributed by atoms with van der Waals surface area (Å²) in [5.74, 6) is 1.83. The van der Waals surface area contributed by atoms with Crippen LogP contribution in [-0.4, -0.2) is 34.4 Å². The van der Waals surface area contributed by atoms with E-state index in [0.717, 1.165) is 36.3 Å². The van der Waals surface area contributed by atoms with Crippen LogP contribution in [0.15, 0.2) is 57.9 Å². The summed E-state index contributed by atoms with van der Waals surface area (Å²) >= 11 is 0. The van der Waals surface area contributed by atoms with Gasteiger partial charge in [0.25, 0.3) is 5.91 Å². The van der Waals surface area contributed by atoms with E-state index in [-0.39, 0.29) is 23.2 Å². The highest BCUT2D eigenvalue weighted by molar-refractivity contribution is 5.92. The third kappa shape index (κ3) is 4.08. The molecule has 1 atom stereocenters. The minimum Gasteiger partial charge on any atom is -0.496 e. The molecule has 1 aliphatic heterocycles. The predicted octanol–water partition coefficient (Wildman–Crippen LogP) is 3.33. The highest BCUT2D eigenvalue weighted by atomic mass is 16.5. The van der Waals surface area contributed by atoms with Gasteiger partial charge in [0.05, 0.1) is 13.3 Å². The number of benzene rings is 1. The molecule has 1 N–H and O–H groups in total.